The molecule has 1 amide bonds. The van der Waals surface area contributed by atoms with Crippen LogP contribution < -0.4 is 14.4 Å². The number of anilines is 1. The number of benzene rings is 2. The predicted octanol–water partition coefficient (Wildman–Crippen LogP) is 3.07. The minimum atomic E-state index is -3.73. The highest BCUT2D eigenvalue weighted by Gasteiger charge is 2.35. The lowest BCUT2D eigenvalue weighted by Crippen LogP contribution is -2.40. The van der Waals surface area contributed by atoms with Crippen molar-refractivity contribution in [3.63, 3.8) is 0 Å². The predicted molar refractivity (Wildman–Crippen MR) is 115 cm³/mol. The average Bonchev–Trinajstić information content (AvgIpc) is 3.60. The lowest BCUT2D eigenvalue weighted by molar-refractivity contribution is 0.0975. The van der Waals surface area contributed by atoms with Gasteiger partial charge >= 0.3 is 0 Å². The third kappa shape index (κ3) is 5.19. The summed E-state index contributed by atoms with van der Waals surface area (Å²) in [5, 5.41) is 0. The summed E-state index contributed by atoms with van der Waals surface area (Å²) in [6.45, 7) is 2.46. The van der Waals surface area contributed by atoms with Crippen molar-refractivity contribution >= 4 is 21.6 Å². The molecule has 1 atom stereocenters. The van der Waals surface area contributed by atoms with E-state index in [1.807, 2.05) is 31.2 Å². The molecule has 30 heavy (non-hydrogen) atoms. The van der Waals surface area contributed by atoms with E-state index < -0.39 is 10.0 Å². The van der Waals surface area contributed by atoms with Crippen LogP contribution in [-0.2, 0) is 14.8 Å². The summed E-state index contributed by atoms with van der Waals surface area (Å²) in [7, 11) is -0.632. The van der Waals surface area contributed by atoms with E-state index in [0.717, 1.165) is 18.5 Å². The Balaban J connectivity index is 1.90. The van der Waals surface area contributed by atoms with Crippen molar-refractivity contribution < 1.29 is 22.7 Å². The Labute approximate surface area is 178 Å². The van der Waals surface area contributed by atoms with E-state index in [2.05, 4.69) is 4.72 Å². The molecule has 7 nitrogen and oxygen atoms in total. The number of hydrogen-bond donors (Lipinski definition) is 1. The Bertz CT molecular complexity index is 971. The number of carbonyl (C=O) groups is 1. The van der Waals surface area contributed by atoms with Crippen molar-refractivity contribution in [3.8, 4) is 5.75 Å². The highest BCUT2D eigenvalue weighted by atomic mass is 32.2. The van der Waals surface area contributed by atoms with Crippen LogP contribution in [0.1, 0.15) is 30.1 Å². The maximum absolute atomic E-state index is 13.5. The highest BCUT2D eigenvalue weighted by Crippen LogP contribution is 2.38. The second-order valence-corrected chi connectivity index (χ2v) is 9.14. The minimum Gasteiger partial charge on any atom is -0.497 e. The summed E-state index contributed by atoms with van der Waals surface area (Å²) >= 11 is 0. The van der Waals surface area contributed by atoms with Crippen LogP contribution in [0.25, 0.3) is 0 Å². The average molecular weight is 433 g/mol. The third-order valence-corrected chi connectivity index (χ3v) is 6.73. The summed E-state index contributed by atoms with van der Waals surface area (Å²) in [5.41, 5.74) is 1.08. The van der Waals surface area contributed by atoms with E-state index in [4.69, 9.17) is 9.47 Å². The fourth-order valence-electron chi connectivity index (χ4n) is 3.37. The van der Waals surface area contributed by atoms with Crippen LogP contribution >= 0.6 is 0 Å². The first-order valence-electron chi connectivity index (χ1n) is 9.93. The Morgan fingerprint density at radius 1 is 1.17 bits per heavy atom. The Morgan fingerprint density at radius 2 is 1.87 bits per heavy atom. The van der Waals surface area contributed by atoms with Crippen LogP contribution in [0.5, 0.6) is 5.75 Å². The zero-order chi connectivity index (χ0) is 21.7. The number of methoxy groups -OCH3 is 2. The SMILES string of the molecule is COCCNS(=O)(=O)c1cccc(C(=O)N(c2ccc(OC)cc2)C(C)C2CC2)c1. The zero-order valence-electron chi connectivity index (χ0n) is 17.5. The fraction of sp³-hybridized carbons (Fsp3) is 0.409. The van der Waals surface area contributed by atoms with Gasteiger partial charge in [0.2, 0.25) is 10.0 Å². The monoisotopic (exact) mass is 432 g/mol. The zero-order valence-corrected chi connectivity index (χ0v) is 18.3. The first-order chi connectivity index (χ1) is 14.4. The maximum atomic E-state index is 13.5. The Morgan fingerprint density at radius 3 is 2.47 bits per heavy atom. The molecular formula is C22H28N2O5S. The van der Waals surface area contributed by atoms with E-state index in [1.54, 1.807) is 24.1 Å². The molecule has 1 fully saturated rings. The van der Waals surface area contributed by atoms with Gasteiger partial charge in [0.15, 0.2) is 0 Å². The molecule has 162 valence electrons. The fourth-order valence-corrected chi connectivity index (χ4v) is 4.42. The molecule has 0 heterocycles. The minimum absolute atomic E-state index is 0.00554. The number of sulfonamides is 1. The summed E-state index contributed by atoms with van der Waals surface area (Å²) < 4.78 is 37.7. The molecular weight excluding hydrogens is 404 g/mol. The van der Waals surface area contributed by atoms with Crippen LogP contribution in [0, 0.1) is 5.92 Å². The second kappa shape index (κ2) is 9.59. The molecule has 3 rings (SSSR count). The standard InChI is InChI=1S/C22H28N2O5S/c1-16(17-7-8-17)24(19-9-11-20(29-3)12-10-19)22(25)18-5-4-6-21(15-18)30(26,27)23-13-14-28-2/h4-6,9-12,15-17,23H,7-8,13-14H2,1-3H3. The summed E-state index contributed by atoms with van der Waals surface area (Å²) in [4.78, 5) is 15.3. The molecule has 0 saturated heterocycles. The maximum Gasteiger partial charge on any atom is 0.258 e. The quantitative estimate of drug-likeness (QED) is 0.583. The number of nitrogens with one attached hydrogen (secondary N) is 1. The van der Waals surface area contributed by atoms with E-state index in [9.17, 15) is 13.2 Å². The van der Waals surface area contributed by atoms with Crippen molar-refractivity contribution in [2.75, 3.05) is 32.3 Å². The molecule has 0 spiro atoms. The van der Waals surface area contributed by atoms with Gasteiger partial charge < -0.3 is 14.4 Å². The molecule has 1 aliphatic carbocycles. The molecule has 0 radical (unpaired) electrons. The largest absolute Gasteiger partial charge is 0.497 e. The molecule has 2 aromatic carbocycles. The molecule has 0 aromatic heterocycles. The lowest BCUT2D eigenvalue weighted by Gasteiger charge is -2.30. The van der Waals surface area contributed by atoms with Gasteiger partial charge in [0.1, 0.15) is 5.75 Å². The van der Waals surface area contributed by atoms with E-state index in [0.29, 0.717) is 17.2 Å². The topological polar surface area (TPSA) is 84.9 Å². The molecule has 1 aliphatic rings. The molecule has 2 aromatic rings. The number of ether oxygens (including phenoxy) is 2. The third-order valence-electron chi connectivity index (χ3n) is 5.27. The van der Waals surface area contributed by atoms with E-state index in [-0.39, 0.29) is 30.0 Å². The van der Waals surface area contributed by atoms with Crippen LogP contribution in [0.15, 0.2) is 53.4 Å². The van der Waals surface area contributed by atoms with Gasteiger partial charge in [0, 0.05) is 30.9 Å². The molecule has 1 N–H and O–H groups in total. The number of nitrogens with zero attached hydrogens (tertiary/aromatic N) is 1. The van der Waals surface area contributed by atoms with Gasteiger partial charge in [-0.3, -0.25) is 4.79 Å². The highest BCUT2D eigenvalue weighted by molar-refractivity contribution is 7.89. The van der Waals surface area contributed by atoms with Gasteiger partial charge in [0.25, 0.3) is 5.91 Å². The normalized spacial score (nSPS) is 14.9. The first-order valence-corrected chi connectivity index (χ1v) is 11.4. The number of amides is 1. The lowest BCUT2D eigenvalue weighted by atomic mass is 10.1. The van der Waals surface area contributed by atoms with Gasteiger partial charge in [-0.1, -0.05) is 6.07 Å². The molecule has 1 unspecified atom stereocenters. The van der Waals surface area contributed by atoms with Crippen LogP contribution in [-0.4, -0.2) is 47.7 Å². The van der Waals surface area contributed by atoms with E-state index in [1.165, 1.54) is 19.2 Å². The van der Waals surface area contributed by atoms with Gasteiger partial charge in [0.05, 0.1) is 18.6 Å². The molecule has 8 heteroatoms. The van der Waals surface area contributed by atoms with Crippen molar-refractivity contribution in [3.05, 3.63) is 54.1 Å². The van der Waals surface area contributed by atoms with Gasteiger partial charge in [-0.2, -0.15) is 0 Å². The number of carbonyl (C=O) groups excluding carboxylic acids is 1. The van der Waals surface area contributed by atoms with Crippen molar-refractivity contribution in [2.45, 2.75) is 30.7 Å². The van der Waals surface area contributed by atoms with Crippen LogP contribution in [0.4, 0.5) is 5.69 Å². The van der Waals surface area contributed by atoms with Crippen LogP contribution in [0.2, 0.25) is 0 Å². The molecule has 1 saturated carbocycles. The summed E-state index contributed by atoms with van der Waals surface area (Å²) in [5.74, 6) is 0.924. The molecule has 0 aliphatic heterocycles. The van der Waals surface area contributed by atoms with Crippen molar-refractivity contribution in [2.24, 2.45) is 5.92 Å². The first kappa shape index (κ1) is 22.3. The van der Waals surface area contributed by atoms with Gasteiger partial charge in [-0.05, 0) is 68.1 Å². The number of rotatable bonds is 10. The Kier molecular flexibility index (Phi) is 7.12. The Hall–Kier alpha value is -2.42. The summed E-state index contributed by atoms with van der Waals surface area (Å²) in [6, 6.07) is 13.5. The van der Waals surface area contributed by atoms with Gasteiger partial charge in [-0.15, -0.1) is 0 Å². The van der Waals surface area contributed by atoms with E-state index >= 15 is 0 Å². The van der Waals surface area contributed by atoms with Crippen molar-refractivity contribution in [1.29, 1.82) is 0 Å². The second-order valence-electron chi connectivity index (χ2n) is 7.37. The molecule has 0 bridgehead atoms. The van der Waals surface area contributed by atoms with Gasteiger partial charge in [-0.25, -0.2) is 13.1 Å². The van der Waals surface area contributed by atoms with Crippen molar-refractivity contribution in [1.82, 2.24) is 4.72 Å². The number of hydrogen-bond acceptors (Lipinski definition) is 5. The van der Waals surface area contributed by atoms with Crippen LogP contribution in [0.3, 0.4) is 0 Å². The smallest absolute Gasteiger partial charge is 0.258 e. The summed E-state index contributed by atoms with van der Waals surface area (Å²) in [6.07, 6.45) is 2.16.